The summed E-state index contributed by atoms with van der Waals surface area (Å²) >= 11 is 0. The lowest BCUT2D eigenvalue weighted by atomic mass is 9.48. The summed E-state index contributed by atoms with van der Waals surface area (Å²) < 4.78 is 10.8. The average Bonchev–Trinajstić information content (AvgIpc) is 2.59. The first-order valence-corrected chi connectivity index (χ1v) is 9.67. The van der Waals surface area contributed by atoms with E-state index in [1.807, 2.05) is 18.2 Å². The predicted molar refractivity (Wildman–Crippen MR) is 105 cm³/mol. The summed E-state index contributed by atoms with van der Waals surface area (Å²) in [4.78, 5) is 13.7. The van der Waals surface area contributed by atoms with Crippen LogP contribution in [0.25, 0.3) is 0 Å². The van der Waals surface area contributed by atoms with Gasteiger partial charge in [-0.2, -0.15) is 0 Å². The summed E-state index contributed by atoms with van der Waals surface area (Å²) in [6.45, 7) is 9.22. The maximum Gasteiger partial charge on any atom is 0.170 e. The lowest BCUT2D eigenvalue weighted by Gasteiger charge is -2.56. The summed E-state index contributed by atoms with van der Waals surface area (Å²) in [6, 6.07) is 5.51. The zero-order valence-corrected chi connectivity index (χ0v) is 17.0. The number of ketones is 1. The van der Waals surface area contributed by atoms with E-state index in [4.69, 9.17) is 9.47 Å². The van der Waals surface area contributed by atoms with Crippen LogP contribution < -0.4 is 9.47 Å². The van der Waals surface area contributed by atoms with Gasteiger partial charge >= 0.3 is 0 Å². The molecular formula is C23H32O3. The molecule has 1 unspecified atom stereocenters. The number of hydrogen-bond acceptors (Lipinski definition) is 3. The van der Waals surface area contributed by atoms with Gasteiger partial charge in [0.25, 0.3) is 0 Å². The van der Waals surface area contributed by atoms with Gasteiger partial charge in [-0.3, -0.25) is 4.79 Å². The van der Waals surface area contributed by atoms with E-state index in [-0.39, 0.29) is 22.5 Å². The fourth-order valence-corrected chi connectivity index (χ4v) is 5.66. The van der Waals surface area contributed by atoms with Gasteiger partial charge in [-0.1, -0.05) is 38.8 Å². The molecule has 1 aromatic rings. The maximum absolute atomic E-state index is 13.7. The highest BCUT2D eigenvalue weighted by Gasteiger charge is 2.54. The van der Waals surface area contributed by atoms with Crippen LogP contribution in [-0.2, 0) is 0 Å². The fraction of sp³-hybridized carbons (Fsp3) is 0.609. The van der Waals surface area contributed by atoms with Crippen LogP contribution in [0.15, 0.2) is 29.8 Å². The number of allylic oxidation sites excluding steroid dienone is 2. The monoisotopic (exact) mass is 356 g/mol. The normalized spacial score (nSPS) is 30.2. The predicted octanol–water partition coefficient (Wildman–Crippen LogP) is 5.69. The SMILES string of the molecule is COc1cc(OC)cc(C(=O)[C@H]2C(C)=CCC3C(C)(C)CCC[C@@]32C)c1. The maximum atomic E-state index is 13.7. The van der Waals surface area contributed by atoms with Gasteiger partial charge in [-0.05, 0) is 55.1 Å². The Morgan fingerprint density at radius 1 is 1.04 bits per heavy atom. The number of ether oxygens (including phenoxy) is 2. The number of carbonyl (C=O) groups excluding carboxylic acids is 1. The van der Waals surface area contributed by atoms with Gasteiger partial charge in [-0.15, -0.1) is 0 Å². The molecule has 0 radical (unpaired) electrons. The van der Waals surface area contributed by atoms with Crippen molar-refractivity contribution < 1.29 is 14.3 Å². The van der Waals surface area contributed by atoms with Crippen LogP contribution in [0, 0.1) is 22.7 Å². The molecule has 2 aliphatic rings. The minimum absolute atomic E-state index is 0.00792. The summed E-state index contributed by atoms with van der Waals surface area (Å²) in [5.74, 6) is 1.99. The molecule has 3 rings (SSSR count). The highest BCUT2D eigenvalue weighted by molar-refractivity contribution is 6.01. The highest BCUT2D eigenvalue weighted by atomic mass is 16.5. The molecule has 2 aliphatic carbocycles. The molecule has 0 heterocycles. The van der Waals surface area contributed by atoms with Crippen molar-refractivity contribution in [1.29, 1.82) is 0 Å². The molecule has 0 spiro atoms. The first kappa shape index (κ1) is 19.0. The zero-order chi connectivity index (χ0) is 19.1. The number of Topliss-reactive ketones (excluding diaryl/α,β-unsaturated/α-hetero) is 1. The molecule has 26 heavy (non-hydrogen) atoms. The molecule has 1 fully saturated rings. The van der Waals surface area contributed by atoms with E-state index in [0.29, 0.717) is 23.0 Å². The van der Waals surface area contributed by atoms with Crippen molar-refractivity contribution in [2.75, 3.05) is 14.2 Å². The summed E-state index contributed by atoms with van der Waals surface area (Å²) in [5.41, 5.74) is 2.18. The Kier molecular flexibility index (Phi) is 4.94. The number of rotatable bonds is 4. The van der Waals surface area contributed by atoms with Gasteiger partial charge in [0.05, 0.1) is 14.2 Å². The van der Waals surface area contributed by atoms with Crippen LogP contribution in [0.5, 0.6) is 11.5 Å². The van der Waals surface area contributed by atoms with Crippen molar-refractivity contribution in [3.8, 4) is 11.5 Å². The summed E-state index contributed by atoms with van der Waals surface area (Å²) in [6.07, 6.45) is 6.94. The van der Waals surface area contributed by atoms with Gasteiger partial charge in [-0.25, -0.2) is 0 Å². The molecule has 3 nitrogen and oxygen atoms in total. The van der Waals surface area contributed by atoms with Crippen LogP contribution >= 0.6 is 0 Å². The topological polar surface area (TPSA) is 35.5 Å². The standard InChI is InChI=1S/C23H32O3/c1-15-8-9-19-22(2,3)10-7-11-23(19,4)20(15)21(24)16-12-17(25-5)14-18(13-16)26-6/h8,12-14,19-20H,7,9-11H2,1-6H3/t19?,20-,23+/m1/s1. The lowest BCUT2D eigenvalue weighted by molar-refractivity contribution is -0.0294. The van der Waals surface area contributed by atoms with Gasteiger partial charge < -0.3 is 9.47 Å². The third kappa shape index (κ3) is 3.06. The molecule has 0 amide bonds. The summed E-state index contributed by atoms with van der Waals surface area (Å²) in [7, 11) is 3.24. The zero-order valence-electron chi connectivity index (χ0n) is 17.0. The second-order valence-electron chi connectivity index (χ2n) is 8.98. The van der Waals surface area contributed by atoms with Gasteiger partial charge in [0, 0.05) is 17.5 Å². The second-order valence-corrected chi connectivity index (χ2v) is 8.98. The molecule has 142 valence electrons. The lowest BCUT2D eigenvalue weighted by Crippen LogP contribution is -2.50. The van der Waals surface area contributed by atoms with Crippen molar-refractivity contribution in [3.05, 3.63) is 35.4 Å². The van der Waals surface area contributed by atoms with Crippen LogP contribution in [0.4, 0.5) is 0 Å². The number of hydrogen-bond donors (Lipinski definition) is 0. The largest absolute Gasteiger partial charge is 0.497 e. The Balaban J connectivity index is 2.05. The van der Waals surface area contributed by atoms with E-state index in [2.05, 4.69) is 33.8 Å². The van der Waals surface area contributed by atoms with Crippen molar-refractivity contribution in [1.82, 2.24) is 0 Å². The Labute approximate surface area is 157 Å². The van der Waals surface area contributed by atoms with Crippen molar-refractivity contribution in [3.63, 3.8) is 0 Å². The molecule has 1 saturated carbocycles. The first-order valence-electron chi connectivity index (χ1n) is 9.67. The number of fused-ring (bicyclic) bond motifs is 1. The molecule has 0 aliphatic heterocycles. The minimum atomic E-state index is -0.0716. The highest BCUT2D eigenvalue weighted by Crippen LogP contribution is 2.60. The van der Waals surface area contributed by atoms with E-state index >= 15 is 0 Å². The van der Waals surface area contributed by atoms with E-state index in [9.17, 15) is 4.79 Å². The molecule has 3 heteroatoms. The molecule has 3 atom stereocenters. The Hall–Kier alpha value is -1.77. The fourth-order valence-electron chi connectivity index (χ4n) is 5.66. The third-order valence-corrected chi connectivity index (χ3v) is 6.96. The van der Waals surface area contributed by atoms with Crippen LogP contribution in [-0.4, -0.2) is 20.0 Å². The molecule has 1 aromatic carbocycles. The number of benzene rings is 1. The van der Waals surface area contributed by atoms with E-state index in [1.54, 1.807) is 14.2 Å². The number of carbonyl (C=O) groups is 1. The van der Waals surface area contributed by atoms with Gasteiger partial charge in [0.15, 0.2) is 5.78 Å². The quantitative estimate of drug-likeness (QED) is 0.514. The van der Waals surface area contributed by atoms with Crippen molar-refractivity contribution in [2.45, 2.75) is 53.4 Å². The van der Waals surface area contributed by atoms with Crippen LogP contribution in [0.1, 0.15) is 63.7 Å². The summed E-state index contributed by atoms with van der Waals surface area (Å²) in [5, 5.41) is 0. The smallest absolute Gasteiger partial charge is 0.170 e. The molecular weight excluding hydrogens is 324 g/mol. The Morgan fingerprint density at radius 3 is 2.23 bits per heavy atom. The third-order valence-electron chi connectivity index (χ3n) is 6.96. The Bertz CT molecular complexity index is 709. The van der Waals surface area contributed by atoms with Gasteiger partial charge in [0.2, 0.25) is 0 Å². The number of methoxy groups -OCH3 is 2. The van der Waals surface area contributed by atoms with Gasteiger partial charge in [0.1, 0.15) is 11.5 Å². The van der Waals surface area contributed by atoms with Crippen molar-refractivity contribution in [2.24, 2.45) is 22.7 Å². The van der Waals surface area contributed by atoms with E-state index < -0.39 is 0 Å². The molecule has 0 bridgehead atoms. The first-order chi connectivity index (χ1) is 12.2. The van der Waals surface area contributed by atoms with Crippen LogP contribution in [0.2, 0.25) is 0 Å². The van der Waals surface area contributed by atoms with Crippen molar-refractivity contribution >= 4 is 5.78 Å². The van der Waals surface area contributed by atoms with E-state index in [1.165, 1.54) is 18.4 Å². The molecule has 0 saturated heterocycles. The van der Waals surface area contributed by atoms with Crippen LogP contribution in [0.3, 0.4) is 0 Å². The average molecular weight is 357 g/mol. The molecule has 0 N–H and O–H groups in total. The second kappa shape index (κ2) is 6.75. The minimum Gasteiger partial charge on any atom is -0.497 e. The molecule has 0 aromatic heterocycles. The Morgan fingerprint density at radius 2 is 1.65 bits per heavy atom. The van der Waals surface area contributed by atoms with E-state index in [0.717, 1.165) is 12.8 Å².